The number of nitrogens with one attached hydrogen (secondary N) is 1. The van der Waals surface area contributed by atoms with Crippen molar-refractivity contribution in [3.63, 3.8) is 0 Å². The van der Waals surface area contributed by atoms with Gasteiger partial charge in [0, 0.05) is 44.5 Å². The predicted octanol–water partition coefficient (Wildman–Crippen LogP) is 3.01. The molecule has 1 saturated carbocycles. The van der Waals surface area contributed by atoms with Gasteiger partial charge in [-0.15, -0.1) is 11.3 Å². The zero-order valence-electron chi connectivity index (χ0n) is 15.0. The first-order valence-electron chi connectivity index (χ1n) is 9.54. The summed E-state index contributed by atoms with van der Waals surface area (Å²) < 4.78 is 0. The van der Waals surface area contributed by atoms with Crippen LogP contribution in [0.2, 0.25) is 0 Å². The lowest BCUT2D eigenvalue weighted by atomic mass is 9.89. The highest BCUT2D eigenvalue weighted by molar-refractivity contribution is 7.12. The highest BCUT2D eigenvalue weighted by Crippen LogP contribution is 2.25. The normalized spacial score (nSPS) is 24.4. The van der Waals surface area contributed by atoms with Gasteiger partial charge in [-0.1, -0.05) is 12.1 Å². The number of hydrogen-bond donors (Lipinski definition) is 1. The highest BCUT2D eigenvalue weighted by atomic mass is 32.1. The van der Waals surface area contributed by atoms with E-state index in [9.17, 15) is 4.79 Å². The molecule has 1 N–H and O–H groups in total. The van der Waals surface area contributed by atoms with Crippen LogP contribution in [0.4, 0.5) is 5.82 Å². The molecule has 2 aromatic heterocycles. The maximum Gasteiger partial charge on any atom is 0.261 e. The van der Waals surface area contributed by atoms with Crippen molar-refractivity contribution in [1.82, 2.24) is 15.2 Å². The Hall–Kier alpha value is -1.92. The summed E-state index contributed by atoms with van der Waals surface area (Å²) in [4.78, 5) is 22.5. The Labute approximate surface area is 159 Å². The molecule has 0 spiro atoms. The second-order valence-electron chi connectivity index (χ2n) is 7.17. The number of carbonyl (C=O) groups is 1. The van der Waals surface area contributed by atoms with Crippen molar-refractivity contribution in [3.8, 4) is 0 Å². The summed E-state index contributed by atoms with van der Waals surface area (Å²) in [5.41, 5.74) is 0. The minimum Gasteiger partial charge on any atom is -0.354 e. The van der Waals surface area contributed by atoms with Gasteiger partial charge in [0.05, 0.1) is 4.88 Å². The molecule has 0 radical (unpaired) electrons. The maximum absolute atomic E-state index is 12.2. The second-order valence-corrected chi connectivity index (χ2v) is 8.11. The van der Waals surface area contributed by atoms with Gasteiger partial charge in [0.2, 0.25) is 0 Å². The molecule has 0 atom stereocenters. The monoisotopic (exact) mass is 370 g/mol. The Morgan fingerprint density at radius 1 is 1.04 bits per heavy atom. The number of nitrogens with zero attached hydrogens (tertiary/aromatic N) is 3. The van der Waals surface area contributed by atoms with Crippen LogP contribution in [0.15, 0.2) is 41.9 Å². The van der Waals surface area contributed by atoms with E-state index in [1.165, 1.54) is 24.2 Å². The highest BCUT2D eigenvalue weighted by Gasteiger charge is 2.29. The van der Waals surface area contributed by atoms with Crippen molar-refractivity contribution < 1.29 is 4.79 Å². The zero-order chi connectivity index (χ0) is 17.8. The molecule has 0 unspecified atom stereocenters. The fourth-order valence-electron chi connectivity index (χ4n) is 4.11. The molecule has 0 aromatic carbocycles. The van der Waals surface area contributed by atoms with Crippen molar-refractivity contribution in [3.05, 3.63) is 46.8 Å². The standard InChI is InChI=1S/C20H26N4OS/c25-20(18-4-3-15-26-18)22-16-6-8-17(9-7-16)23-11-13-24(14-12-23)19-5-1-2-10-21-19/h1-5,10,15-17H,6-9,11-14H2,(H,22,25). The van der Waals surface area contributed by atoms with Crippen molar-refractivity contribution in [1.29, 1.82) is 0 Å². The average Bonchev–Trinajstić information content (AvgIpc) is 3.25. The topological polar surface area (TPSA) is 48.5 Å². The van der Waals surface area contributed by atoms with Crippen LogP contribution < -0.4 is 10.2 Å². The van der Waals surface area contributed by atoms with Gasteiger partial charge in [0.15, 0.2) is 0 Å². The third-order valence-corrected chi connectivity index (χ3v) is 6.45. The Morgan fingerprint density at radius 2 is 1.85 bits per heavy atom. The molecule has 26 heavy (non-hydrogen) atoms. The summed E-state index contributed by atoms with van der Waals surface area (Å²) in [5, 5.41) is 5.16. The molecule has 6 heteroatoms. The maximum atomic E-state index is 12.2. The summed E-state index contributed by atoms with van der Waals surface area (Å²) in [6.07, 6.45) is 6.40. The van der Waals surface area contributed by atoms with Crippen LogP contribution in [-0.2, 0) is 0 Å². The summed E-state index contributed by atoms with van der Waals surface area (Å²) >= 11 is 1.51. The molecular formula is C20H26N4OS. The van der Waals surface area contributed by atoms with E-state index in [-0.39, 0.29) is 5.91 Å². The molecular weight excluding hydrogens is 344 g/mol. The van der Waals surface area contributed by atoms with Gasteiger partial charge < -0.3 is 10.2 Å². The lowest BCUT2D eigenvalue weighted by Crippen LogP contribution is -2.52. The first-order valence-corrected chi connectivity index (χ1v) is 10.4. The third kappa shape index (κ3) is 4.07. The van der Waals surface area contributed by atoms with E-state index >= 15 is 0 Å². The molecule has 2 aliphatic rings. The number of rotatable bonds is 4. The number of anilines is 1. The minimum absolute atomic E-state index is 0.0902. The molecule has 5 nitrogen and oxygen atoms in total. The summed E-state index contributed by atoms with van der Waals surface area (Å²) in [5.74, 6) is 1.18. The fraction of sp³-hybridized carbons (Fsp3) is 0.500. The molecule has 1 amide bonds. The predicted molar refractivity (Wildman–Crippen MR) is 106 cm³/mol. The molecule has 2 aromatic rings. The smallest absolute Gasteiger partial charge is 0.261 e. The van der Waals surface area contributed by atoms with E-state index in [0.29, 0.717) is 12.1 Å². The number of thiophene rings is 1. The van der Waals surface area contributed by atoms with Crippen LogP contribution in [0.1, 0.15) is 35.4 Å². The van der Waals surface area contributed by atoms with E-state index in [0.717, 1.165) is 49.7 Å². The van der Waals surface area contributed by atoms with Crippen LogP contribution in [0, 0.1) is 0 Å². The molecule has 1 aliphatic heterocycles. The van der Waals surface area contributed by atoms with Gasteiger partial charge in [-0.2, -0.15) is 0 Å². The Kier molecular flexibility index (Phi) is 5.51. The lowest BCUT2D eigenvalue weighted by molar-refractivity contribution is 0.0903. The van der Waals surface area contributed by atoms with Crippen molar-refractivity contribution >= 4 is 23.1 Å². The Balaban J connectivity index is 1.22. The SMILES string of the molecule is O=C(NC1CCC(N2CCN(c3ccccn3)CC2)CC1)c1cccs1. The Bertz CT molecular complexity index is 690. The van der Waals surface area contributed by atoms with Crippen LogP contribution in [-0.4, -0.2) is 54.1 Å². The molecule has 1 aliphatic carbocycles. The molecule has 2 fully saturated rings. The van der Waals surface area contributed by atoms with E-state index in [4.69, 9.17) is 0 Å². The first kappa shape index (κ1) is 17.5. The van der Waals surface area contributed by atoms with Gasteiger partial charge in [0.25, 0.3) is 5.91 Å². The minimum atomic E-state index is 0.0902. The van der Waals surface area contributed by atoms with Gasteiger partial charge in [0.1, 0.15) is 5.82 Å². The summed E-state index contributed by atoms with van der Waals surface area (Å²) in [6, 6.07) is 10.9. The zero-order valence-corrected chi connectivity index (χ0v) is 15.8. The quantitative estimate of drug-likeness (QED) is 0.899. The number of pyridine rings is 1. The van der Waals surface area contributed by atoms with E-state index in [1.54, 1.807) is 0 Å². The van der Waals surface area contributed by atoms with E-state index in [2.05, 4.69) is 32.2 Å². The molecule has 4 rings (SSSR count). The van der Waals surface area contributed by atoms with Gasteiger partial charge in [-0.05, 0) is 49.3 Å². The van der Waals surface area contributed by atoms with Gasteiger partial charge in [-0.3, -0.25) is 9.69 Å². The van der Waals surface area contributed by atoms with Crippen molar-refractivity contribution in [2.45, 2.75) is 37.8 Å². The van der Waals surface area contributed by atoms with Crippen LogP contribution in [0.3, 0.4) is 0 Å². The molecule has 0 bridgehead atoms. The summed E-state index contributed by atoms with van der Waals surface area (Å²) in [7, 11) is 0. The lowest BCUT2D eigenvalue weighted by Gasteiger charge is -2.42. The van der Waals surface area contributed by atoms with Crippen LogP contribution >= 0.6 is 11.3 Å². The summed E-state index contributed by atoms with van der Waals surface area (Å²) in [6.45, 7) is 4.30. The third-order valence-electron chi connectivity index (χ3n) is 5.58. The van der Waals surface area contributed by atoms with Crippen LogP contribution in [0.5, 0.6) is 0 Å². The average molecular weight is 371 g/mol. The van der Waals surface area contributed by atoms with Crippen molar-refractivity contribution in [2.24, 2.45) is 0 Å². The van der Waals surface area contributed by atoms with E-state index in [1.807, 2.05) is 29.8 Å². The van der Waals surface area contributed by atoms with Crippen molar-refractivity contribution in [2.75, 3.05) is 31.1 Å². The second kappa shape index (κ2) is 8.18. The van der Waals surface area contributed by atoms with Gasteiger partial charge in [-0.25, -0.2) is 4.98 Å². The number of piperazine rings is 1. The molecule has 3 heterocycles. The van der Waals surface area contributed by atoms with Crippen LogP contribution in [0.25, 0.3) is 0 Å². The largest absolute Gasteiger partial charge is 0.354 e. The molecule has 138 valence electrons. The number of hydrogen-bond acceptors (Lipinski definition) is 5. The van der Waals surface area contributed by atoms with E-state index < -0.39 is 0 Å². The number of amides is 1. The molecule has 1 saturated heterocycles. The fourth-order valence-corrected chi connectivity index (χ4v) is 4.73. The first-order chi connectivity index (χ1) is 12.8. The number of carbonyl (C=O) groups excluding carboxylic acids is 1. The number of aromatic nitrogens is 1. The Morgan fingerprint density at radius 3 is 2.50 bits per heavy atom. The van der Waals surface area contributed by atoms with Gasteiger partial charge >= 0.3 is 0 Å².